The van der Waals surface area contributed by atoms with E-state index in [4.69, 9.17) is 0 Å². The number of nitrogens with zero attached hydrogens (tertiary/aromatic N) is 3. The second-order valence-electron chi connectivity index (χ2n) is 5.50. The lowest BCUT2D eigenvalue weighted by Crippen LogP contribution is -2.21. The zero-order valence-corrected chi connectivity index (χ0v) is 14.1. The van der Waals surface area contributed by atoms with Crippen LogP contribution >= 0.6 is 11.3 Å². The molecule has 0 fully saturated rings. The number of nitrogens with one attached hydrogen (secondary N) is 1. The number of hydrogen-bond donors (Lipinski definition) is 1. The molecule has 1 aromatic carbocycles. The molecule has 0 radical (unpaired) electrons. The van der Waals surface area contributed by atoms with Gasteiger partial charge in [-0.05, 0) is 36.8 Å². The number of pyridine rings is 1. The Balaban J connectivity index is 1.63. The van der Waals surface area contributed by atoms with E-state index < -0.39 is 5.97 Å². The average Bonchev–Trinajstić information content (AvgIpc) is 3.18. The molecule has 0 spiro atoms. The number of aryl methyl sites for hydroxylation is 1. The van der Waals surface area contributed by atoms with Crippen LogP contribution in [0, 0.1) is 6.92 Å². The van der Waals surface area contributed by atoms with Gasteiger partial charge in [0.05, 0.1) is 17.4 Å². The fraction of sp³-hybridized carbons (Fsp3) is 0.0556. The van der Waals surface area contributed by atoms with E-state index in [-0.39, 0.29) is 5.56 Å². The molecule has 25 heavy (non-hydrogen) atoms. The number of carbonyl (C=O) groups is 1. The molecule has 0 aliphatic carbocycles. The van der Waals surface area contributed by atoms with Gasteiger partial charge in [-0.25, -0.2) is 9.97 Å². The van der Waals surface area contributed by atoms with Gasteiger partial charge in [-0.3, -0.25) is 4.40 Å². The van der Waals surface area contributed by atoms with E-state index in [1.54, 1.807) is 12.1 Å². The van der Waals surface area contributed by atoms with E-state index in [1.807, 2.05) is 41.1 Å². The summed E-state index contributed by atoms with van der Waals surface area (Å²) in [4.78, 5) is 20.0. The SMILES string of the molecule is Cc1nc2ccccn2c1-c1csc(Nc2ccc(C(=O)[O-])cc2)n1. The molecule has 4 rings (SSSR count). The first kappa shape index (κ1) is 15.3. The van der Waals surface area contributed by atoms with Crippen molar-refractivity contribution < 1.29 is 9.90 Å². The molecule has 0 bridgehead atoms. The van der Waals surface area contributed by atoms with Crippen LogP contribution in [0.4, 0.5) is 10.8 Å². The van der Waals surface area contributed by atoms with Gasteiger partial charge in [0.25, 0.3) is 0 Å². The summed E-state index contributed by atoms with van der Waals surface area (Å²) < 4.78 is 2.02. The number of carbonyl (C=O) groups excluding carboxylic acids is 1. The molecule has 3 aromatic heterocycles. The highest BCUT2D eigenvalue weighted by Gasteiger charge is 2.14. The highest BCUT2D eigenvalue weighted by atomic mass is 32.1. The van der Waals surface area contributed by atoms with Gasteiger partial charge in [0.2, 0.25) is 0 Å². The number of anilines is 2. The Labute approximate surface area is 147 Å². The molecule has 0 saturated carbocycles. The lowest BCUT2D eigenvalue weighted by atomic mass is 10.2. The average molecular weight is 349 g/mol. The van der Waals surface area contributed by atoms with Crippen LogP contribution in [-0.4, -0.2) is 20.3 Å². The normalized spacial score (nSPS) is 10.9. The van der Waals surface area contributed by atoms with E-state index in [0.717, 1.165) is 33.5 Å². The number of rotatable bonds is 4. The van der Waals surface area contributed by atoms with Crippen molar-refractivity contribution in [2.45, 2.75) is 6.92 Å². The minimum absolute atomic E-state index is 0.145. The molecule has 0 atom stereocenters. The third-order valence-corrected chi connectivity index (χ3v) is 4.58. The van der Waals surface area contributed by atoms with E-state index >= 15 is 0 Å². The Morgan fingerprint density at radius 1 is 1.16 bits per heavy atom. The number of carboxylic acids is 1. The molecule has 4 aromatic rings. The lowest BCUT2D eigenvalue weighted by Gasteiger charge is -2.05. The van der Waals surface area contributed by atoms with Gasteiger partial charge in [0, 0.05) is 17.3 Å². The molecule has 0 amide bonds. The van der Waals surface area contributed by atoms with Gasteiger partial charge in [-0.1, -0.05) is 18.2 Å². The Kier molecular flexibility index (Phi) is 3.70. The van der Waals surface area contributed by atoms with Crippen molar-refractivity contribution in [1.29, 1.82) is 0 Å². The highest BCUT2D eigenvalue weighted by molar-refractivity contribution is 7.14. The number of hydrogen-bond acceptors (Lipinski definition) is 6. The van der Waals surface area contributed by atoms with Crippen LogP contribution in [0.1, 0.15) is 16.1 Å². The molecule has 6 nitrogen and oxygen atoms in total. The monoisotopic (exact) mass is 349 g/mol. The summed E-state index contributed by atoms with van der Waals surface area (Å²) in [6.07, 6.45) is 1.97. The molecule has 3 heterocycles. The maximum absolute atomic E-state index is 10.8. The van der Waals surface area contributed by atoms with Crippen molar-refractivity contribution in [2.75, 3.05) is 5.32 Å². The fourth-order valence-electron chi connectivity index (χ4n) is 2.68. The first-order valence-corrected chi connectivity index (χ1v) is 8.48. The molecular weight excluding hydrogens is 336 g/mol. The lowest BCUT2D eigenvalue weighted by molar-refractivity contribution is -0.255. The zero-order chi connectivity index (χ0) is 17.4. The van der Waals surface area contributed by atoms with Crippen LogP contribution < -0.4 is 10.4 Å². The van der Waals surface area contributed by atoms with Gasteiger partial charge in [0.15, 0.2) is 5.13 Å². The Morgan fingerprint density at radius 3 is 2.72 bits per heavy atom. The predicted octanol–water partition coefficient (Wildman–Crippen LogP) is 2.87. The van der Waals surface area contributed by atoms with E-state index in [2.05, 4.69) is 15.3 Å². The molecule has 0 aliphatic rings. The first-order valence-electron chi connectivity index (χ1n) is 7.60. The van der Waals surface area contributed by atoms with Crippen LogP contribution in [0.2, 0.25) is 0 Å². The minimum atomic E-state index is -1.19. The number of carboxylic acid groups (broad SMARTS) is 1. The van der Waals surface area contributed by atoms with Crippen LogP contribution in [0.15, 0.2) is 54.0 Å². The third-order valence-electron chi connectivity index (χ3n) is 3.82. The first-order chi connectivity index (χ1) is 12.1. The van der Waals surface area contributed by atoms with Gasteiger partial charge in [-0.2, -0.15) is 0 Å². The second kappa shape index (κ2) is 6.03. The van der Waals surface area contributed by atoms with Crippen molar-refractivity contribution in [2.24, 2.45) is 0 Å². The molecule has 0 unspecified atom stereocenters. The summed E-state index contributed by atoms with van der Waals surface area (Å²) in [6, 6.07) is 12.2. The van der Waals surface area contributed by atoms with Crippen molar-refractivity contribution in [3.63, 3.8) is 0 Å². The van der Waals surface area contributed by atoms with E-state index in [1.165, 1.54) is 23.5 Å². The van der Waals surface area contributed by atoms with Gasteiger partial charge in [0.1, 0.15) is 11.3 Å². The zero-order valence-electron chi connectivity index (χ0n) is 13.3. The minimum Gasteiger partial charge on any atom is -0.545 e. The van der Waals surface area contributed by atoms with E-state index in [0.29, 0.717) is 0 Å². The van der Waals surface area contributed by atoms with Crippen LogP contribution in [-0.2, 0) is 0 Å². The van der Waals surface area contributed by atoms with Crippen molar-refractivity contribution in [1.82, 2.24) is 14.4 Å². The largest absolute Gasteiger partial charge is 0.545 e. The smallest absolute Gasteiger partial charge is 0.187 e. The number of benzene rings is 1. The maximum Gasteiger partial charge on any atom is 0.187 e. The molecule has 124 valence electrons. The molecule has 0 aliphatic heterocycles. The number of fused-ring (bicyclic) bond motifs is 1. The summed E-state index contributed by atoms with van der Waals surface area (Å²) in [7, 11) is 0. The highest BCUT2D eigenvalue weighted by Crippen LogP contribution is 2.29. The van der Waals surface area contributed by atoms with Crippen LogP contribution in [0.25, 0.3) is 17.0 Å². The summed E-state index contributed by atoms with van der Waals surface area (Å²) in [6.45, 7) is 1.97. The van der Waals surface area contributed by atoms with Crippen molar-refractivity contribution in [3.8, 4) is 11.4 Å². The Morgan fingerprint density at radius 2 is 1.96 bits per heavy atom. The molecular formula is C18H13N4O2S-. The standard InChI is InChI=1S/C18H14N4O2S/c1-11-16(22-9-3-2-4-15(22)19-11)14-10-25-18(21-14)20-13-7-5-12(6-8-13)17(23)24/h2-10H,1H3,(H,20,21)(H,23,24)/p-1. The predicted molar refractivity (Wildman–Crippen MR) is 95.1 cm³/mol. The Hall–Kier alpha value is -3.19. The molecule has 1 N–H and O–H groups in total. The number of imidazole rings is 1. The van der Waals surface area contributed by atoms with Crippen LogP contribution in [0.3, 0.4) is 0 Å². The number of aromatic carboxylic acids is 1. The molecule has 0 saturated heterocycles. The van der Waals surface area contributed by atoms with Crippen molar-refractivity contribution in [3.05, 3.63) is 65.3 Å². The number of thiazole rings is 1. The fourth-order valence-corrected chi connectivity index (χ4v) is 3.39. The quantitative estimate of drug-likeness (QED) is 0.612. The summed E-state index contributed by atoms with van der Waals surface area (Å²) in [5, 5.41) is 16.7. The molecule has 7 heteroatoms. The summed E-state index contributed by atoms with van der Waals surface area (Å²) in [5.41, 5.74) is 4.52. The summed E-state index contributed by atoms with van der Waals surface area (Å²) in [5.74, 6) is -1.19. The van der Waals surface area contributed by atoms with Crippen LogP contribution in [0.5, 0.6) is 0 Å². The number of aromatic nitrogens is 3. The van der Waals surface area contributed by atoms with Crippen molar-refractivity contribution >= 4 is 33.8 Å². The second-order valence-corrected chi connectivity index (χ2v) is 6.36. The third kappa shape index (κ3) is 2.85. The van der Waals surface area contributed by atoms with Gasteiger partial charge >= 0.3 is 0 Å². The summed E-state index contributed by atoms with van der Waals surface area (Å²) >= 11 is 1.48. The van der Waals surface area contributed by atoms with Gasteiger partial charge < -0.3 is 15.2 Å². The topological polar surface area (TPSA) is 82.3 Å². The Bertz CT molecular complexity index is 1070. The van der Waals surface area contributed by atoms with E-state index in [9.17, 15) is 9.90 Å². The maximum atomic E-state index is 10.8. The van der Waals surface area contributed by atoms with Gasteiger partial charge in [-0.15, -0.1) is 11.3 Å².